The van der Waals surface area contributed by atoms with Gasteiger partial charge in [-0.3, -0.25) is 14.5 Å². The van der Waals surface area contributed by atoms with Gasteiger partial charge in [0.15, 0.2) is 0 Å². The lowest BCUT2D eigenvalue weighted by atomic mass is 9.85. The van der Waals surface area contributed by atoms with E-state index >= 15 is 0 Å². The Hall–Kier alpha value is -3.38. The summed E-state index contributed by atoms with van der Waals surface area (Å²) in [5.41, 5.74) is 3.99. The summed E-state index contributed by atoms with van der Waals surface area (Å²) in [4.78, 5) is 30.1. The zero-order valence-corrected chi connectivity index (χ0v) is 22.1. The number of anilines is 2. The number of hydrogen-bond acceptors (Lipinski definition) is 4. The standard InChI is InChI=1S/C29H29BrN2O3/c1-29(2,3)20-10-6-18(7-11-20)25-24(26(33)19-8-12-21(30)13-9-19)27(34)28(35)32(25)23-16-14-22(15-17-23)31(4)5/h6-17,25,33H,1-5H3/b26-24-. The van der Waals surface area contributed by atoms with Crippen molar-refractivity contribution in [3.8, 4) is 0 Å². The van der Waals surface area contributed by atoms with Gasteiger partial charge in [-0.1, -0.05) is 73.1 Å². The van der Waals surface area contributed by atoms with Crippen LogP contribution in [0.25, 0.3) is 5.76 Å². The molecule has 1 aliphatic rings. The highest BCUT2D eigenvalue weighted by Crippen LogP contribution is 2.43. The van der Waals surface area contributed by atoms with Crippen molar-refractivity contribution in [2.75, 3.05) is 23.9 Å². The molecule has 0 aliphatic carbocycles. The number of benzene rings is 3. The van der Waals surface area contributed by atoms with Gasteiger partial charge in [0.1, 0.15) is 5.76 Å². The normalized spacial score (nSPS) is 17.7. The van der Waals surface area contributed by atoms with Crippen molar-refractivity contribution in [3.05, 3.63) is 99.5 Å². The van der Waals surface area contributed by atoms with Gasteiger partial charge >= 0.3 is 0 Å². The Bertz CT molecular complexity index is 1290. The lowest BCUT2D eigenvalue weighted by molar-refractivity contribution is -0.132. The molecule has 0 radical (unpaired) electrons. The molecular formula is C29H29BrN2O3. The number of aliphatic hydroxyl groups excluding tert-OH is 1. The number of Topliss-reactive ketones (excluding diaryl/α,β-unsaturated/α-hetero) is 1. The first-order chi connectivity index (χ1) is 16.5. The summed E-state index contributed by atoms with van der Waals surface area (Å²) in [7, 11) is 3.88. The van der Waals surface area contributed by atoms with E-state index in [-0.39, 0.29) is 16.7 Å². The molecule has 1 amide bonds. The molecule has 0 bridgehead atoms. The highest BCUT2D eigenvalue weighted by Gasteiger charge is 2.47. The zero-order chi connectivity index (χ0) is 25.5. The number of carbonyl (C=O) groups excluding carboxylic acids is 2. The van der Waals surface area contributed by atoms with Crippen LogP contribution in [-0.4, -0.2) is 30.9 Å². The minimum atomic E-state index is -0.752. The number of amides is 1. The maximum Gasteiger partial charge on any atom is 0.300 e. The van der Waals surface area contributed by atoms with Gasteiger partial charge < -0.3 is 10.0 Å². The summed E-state index contributed by atoms with van der Waals surface area (Å²) in [5, 5.41) is 11.3. The van der Waals surface area contributed by atoms with Gasteiger partial charge in [-0.15, -0.1) is 0 Å². The van der Waals surface area contributed by atoms with Crippen molar-refractivity contribution in [2.45, 2.75) is 32.2 Å². The van der Waals surface area contributed by atoms with E-state index in [0.717, 1.165) is 21.3 Å². The topological polar surface area (TPSA) is 60.9 Å². The Labute approximate surface area is 214 Å². The Morgan fingerprint density at radius 3 is 1.97 bits per heavy atom. The third-order valence-corrected chi connectivity index (χ3v) is 6.83. The summed E-state index contributed by atoms with van der Waals surface area (Å²) in [5.74, 6) is -1.55. The van der Waals surface area contributed by atoms with Crippen LogP contribution in [0.2, 0.25) is 0 Å². The average Bonchev–Trinajstić information content (AvgIpc) is 3.09. The molecular weight excluding hydrogens is 504 g/mol. The van der Waals surface area contributed by atoms with Gasteiger partial charge in [0, 0.05) is 35.5 Å². The first kappa shape index (κ1) is 24.7. The van der Waals surface area contributed by atoms with E-state index in [1.54, 1.807) is 24.3 Å². The van der Waals surface area contributed by atoms with Crippen LogP contribution in [0.4, 0.5) is 11.4 Å². The summed E-state index contributed by atoms with van der Waals surface area (Å²) >= 11 is 3.40. The lowest BCUT2D eigenvalue weighted by Gasteiger charge is -2.27. The van der Waals surface area contributed by atoms with Gasteiger partial charge in [-0.2, -0.15) is 0 Å². The molecule has 35 heavy (non-hydrogen) atoms. The second-order valence-electron chi connectivity index (χ2n) is 9.96. The van der Waals surface area contributed by atoms with Gasteiger partial charge in [0.05, 0.1) is 11.6 Å². The molecule has 1 saturated heterocycles. The predicted octanol–water partition coefficient (Wildman–Crippen LogP) is 6.44. The molecule has 3 aromatic rings. The Morgan fingerprint density at radius 1 is 0.886 bits per heavy atom. The zero-order valence-electron chi connectivity index (χ0n) is 20.5. The van der Waals surface area contributed by atoms with Crippen LogP contribution >= 0.6 is 15.9 Å². The third kappa shape index (κ3) is 4.76. The SMILES string of the molecule is CN(C)c1ccc(N2C(=O)C(=O)/C(=C(\O)c3ccc(Br)cc3)C2c2ccc(C(C)(C)C)cc2)cc1. The first-order valence-electron chi connectivity index (χ1n) is 11.4. The molecule has 3 aromatic carbocycles. The van der Waals surface area contributed by atoms with Crippen molar-refractivity contribution in [3.63, 3.8) is 0 Å². The number of nitrogens with zero attached hydrogens (tertiary/aromatic N) is 2. The number of aliphatic hydroxyl groups is 1. The first-order valence-corrected chi connectivity index (χ1v) is 12.2. The van der Waals surface area contributed by atoms with Crippen LogP contribution in [0.5, 0.6) is 0 Å². The van der Waals surface area contributed by atoms with E-state index in [2.05, 4.69) is 36.7 Å². The van der Waals surface area contributed by atoms with Crippen LogP contribution in [0, 0.1) is 0 Å². The number of carbonyl (C=O) groups is 2. The van der Waals surface area contributed by atoms with Crippen LogP contribution in [-0.2, 0) is 15.0 Å². The largest absolute Gasteiger partial charge is 0.507 e. The van der Waals surface area contributed by atoms with Crippen LogP contribution < -0.4 is 9.80 Å². The van der Waals surface area contributed by atoms with Crippen LogP contribution in [0.3, 0.4) is 0 Å². The summed E-state index contributed by atoms with van der Waals surface area (Å²) in [6.45, 7) is 6.40. The summed E-state index contributed by atoms with van der Waals surface area (Å²) in [6, 6.07) is 21.7. The molecule has 0 spiro atoms. The van der Waals surface area contributed by atoms with Crippen molar-refractivity contribution in [1.82, 2.24) is 0 Å². The fraction of sp³-hybridized carbons (Fsp3) is 0.241. The quantitative estimate of drug-likeness (QED) is 0.238. The number of ketones is 1. The van der Waals surface area contributed by atoms with Crippen molar-refractivity contribution < 1.29 is 14.7 Å². The maximum absolute atomic E-state index is 13.3. The minimum absolute atomic E-state index is 0.0419. The van der Waals surface area contributed by atoms with Crippen LogP contribution in [0.15, 0.2) is 82.8 Å². The van der Waals surface area contributed by atoms with Gasteiger partial charge in [0.25, 0.3) is 11.7 Å². The molecule has 0 aromatic heterocycles. The summed E-state index contributed by atoms with van der Waals surface area (Å²) in [6.07, 6.45) is 0. The van der Waals surface area contributed by atoms with E-state index < -0.39 is 17.7 Å². The highest BCUT2D eigenvalue weighted by atomic mass is 79.9. The van der Waals surface area contributed by atoms with Gasteiger partial charge in [-0.25, -0.2) is 0 Å². The average molecular weight is 533 g/mol. The van der Waals surface area contributed by atoms with E-state index in [1.807, 2.05) is 67.5 Å². The minimum Gasteiger partial charge on any atom is -0.507 e. The Kier molecular flexibility index (Phi) is 6.60. The molecule has 4 rings (SSSR count). The third-order valence-electron chi connectivity index (χ3n) is 6.30. The molecule has 180 valence electrons. The molecule has 1 heterocycles. The number of halogens is 1. The van der Waals surface area contributed by atoms with E-state index in [4.69, 9.17) is 0 Å². The second kappa shape index (κ2) is 9.34. The smallest absolute Gasteiger partial charge is 0.300 e. The van der Waals surface area contributed by atoms with Crippen molar-refractivity contribution >= 4 is 44.8 Å². The Morgan fingerprint density at radius 2 is 1.46 bits per heavy atom. The summed E-state index contributed by atoms with van der Waals surface area (Å²) < 4.78 is 0.852. The fourth-order valence-corrected chi connectivity index (χ4v) is 4.52. The highest BCUT2D eigenvalue weighted by molar-refractivity contribution is 9.10. The Balaban J connectivity index is 1.90. The lowest BCUT2D eigenvalue weighted by Crippen LogP contribution is -2.29. The maximum atomic E-state index is 13.3. The predicted molar refractivity (Wildman–Crippen MR) is 145 cm³/mol. The molecule has 1 fully saturated rings. The van der Waals surface area contributed by atoms with Crippen LogP contribution in [0.1, 0.15) is 43.5 Å². The second-order valence-corrected chi connectivity index (χ2v) is 10.9. The molecule has 0 saturated carbocycles. The number of hydrogen-bond donors (Lipinski definition) is 1. The van der Waals surface area contributed by atoms with E-state index in [9.17, 15) is 14.7 Å². The monoisotopic (exact) mass is 532 g/mol. The molecule has 5 nitrogen and oxygen atoms in total. The van der Waals surface area contributed by atoms with Gasteiger partial charge in [-0.05, 0) is 52.9 Å². The molecule has 6 heteroatoms. The molecule has 1 atom stereocenters. The number of rotatable bonds is 4. The van der Waals surface area contributed by atoms with Gasteiger partial charge in [0.2, 0.25) is 0 Å². The molecule has 1 unspecified atom stereocenters. The fourth-order valence-electron chi connectivity index (χ4n) is 4.25. The van der Waals surface area contributed by atoms with Crippen molar-refractivity contribution in [1.29, 1.82) is 0 Å². The molecule has 1 aliphatic heterocycles. The molecule has 1 N–H and O–H groups in total. The van der Waals surface area contributed by atoms with E-state index in [1.165, 1.54) is 4.90 Å². The van der Waals surface area contributed by atoms with Crippen molar-refractivity contribution in [2.24, 2.45) is 0 Å². The van der Waals surface area contributed by atoms with E-state index in [0.29, 0.717) is 11.3 Å².